The molecule has 0 fully saturated rings. The van der Waals surface area contributed by atoms with Crippen molar-refractivity contribution in [1.82, 2.24) is 0 Å². The molecule has 4 heteroatoms. The summed E-state index contributed by atoms with van der Waals surface area (Å²) in [5.74, 6) is -0.452. The van der Waals surface area contributed by atoms with E-state index in [1.54, 1.807) is 18.2 Å². The topological polar surface area (TPSA) is 46.5 Å². The van der Waals surface area contributed by atoms with Gasteiger partial charge < -0.3 is 9.53 Å². The van der Waals surface area contributed by atoms with Gasteiger partial charge in [0.2, 0.25) is 0 Å². The van der Waals surface area contributed by atoms with Gasteiger partial charge >= 0.3 is 5.97 Å². The van der Waals surface area contributed by atoms with Crippen LogP contribution in [0.2, 0.25) is 15.1 Å². The van der Waals surface area contributed by atoms with Crippen molar-refractivity contribution in [2.75, 3.05) is 0 Å². The number of para-hydroxylation sites is 1. The van der Waals surface area contributed by atoms with Crippen molar-refractivity contribution in [1.29, 1.82) is 0 Å². The molecule has 0 bridgehead atoms. The van der Waals surface area contributed by atoms with Crippen LogP contribution in [0.5, 0.6) is 5.75 Å². The van der Waals surface area contributed by atoms with Crippen molar-refractivity contribution in [3.63, 3.8) is 0 Å². The number of carboxylic acid groups (broad SMARTS) is 1. The quantitative estimate of drug-likeness (QED) is 0.677. The molecule has 0 saturated carbocycles. The second kappa shape index (κ2) is 5.97. The van der Waals surface area contributed by atoms with Gasteiger partial charge in [0.05, 0.1) is 5.56 Å². The van der Waals surface area contributed by atoms with E-state index in [4.69, 9.17) is 4.43 Å². The van der Waals surface area contributed by atoms with Gasteiger partial charge in [0.15, 0.2) is 0 Å². The first-order chi connectivity index (χ1) is 10.1. The Morgan fingerprint density at radius 3 is 1.61 bits per heavy atom. The molecule has 0 spiro atoms. The third-order valence-corrected chi connectivity index (χ3v) is 11.4. The number of hydrogen-bond donors (Lipinski definition) is 1. The molecule has 0 aliphatic rings. The number of carbonyl (C=O) groups is 1. The summed E-state index contributed by atoms with van der Waals surface area (Å²) in [6.45, 7) is 20.0. The van der Waals surface area contributed by atoms with E-state index in [0.29, 0.717) is 5.75 Å². The van der Waals surface area contributed by atoms with Crippen LogP contribution >= 0.6 is 0 Å². The molecule has 0 radical (unpaired) electrons. The highest BCUT2D eigenvalue weighted by Gasteiger charge is 2.64. The second-order valence-electron chi connectivity index (χ2n) is 9.33. The van der Waals surface area contributed by atoms with Gasteiger partial charge in [-0.05, 0) is 27.2 Å². The molecule has 0 unspecified atom stereocenters. The largest absolute Gasteiger partial charge is 0.541 e. The summed E-state index contributed by atoms with van der Waals surface area (Å²) in [7, 11) is -2.48. The van der Waals surface area contributed by atoms with Gasteiger partial charge in [-0.3, -0.25) is 0 Å². The molecule has 1 N–H and O–H groups in total. The molecule has 1 aromatic carbocycles. The van der Waals surface area contributed by atoms with Gasteiger partial charge in [0, 0.05) is 0 Å². The maximum absolute atomic E-state index is 11.6. The standard InChI is InChI=1S/C19H32O3Si/c1-17(2,3)23(18(4,5)6,19(7,8)9)22-15-13-11-10-12-14(15)16(20)21/h10-13H,1-9H3,(H,20,21). The van der Waals surface area contributed by atoms with Crippen LogP contribution < -0.4 is 4.43 Å². The van der Waals surface area contributed by atoms with E-state index in [-0.39, 0.29) is 20.7 Å². The normalized spacial score (nSPS) is 13.8. The van der Waals surface area contributed by atoms with E-state index in [9.17, 15) is 9.90 Å². The number of carboxylic acids is 1. The summed E-state index contributed by atoms with van der Waals surface area (Å²) in [5, 5.41) is 9.33. The molecule has 130 valence electrons. The summed E-state index contributed by atoms with van der Waals surface area (Å²) >= 11 is 0. The molecule has 0 heterocycles. The molecule has 0 aliphatic carbocycles. The van der Waals surface area contributed by atoms with E-state index < -0.39 is 14.3 Å². The molecule has 0 saturated heterocycles. The molecule has 0 aromatic heterocycles. The third kappa shape index (κ3) is 3.47. The molecular formula is C19H32O3Si. The van der Waals surface area contributed by atoms with Crippen LogP contribution in [0.25, 0.3) is 0 Å². The number of benzene rings is 1. The lowest BCUT2D eigenvalue weighted by Crippen LogP contribution is -2.63. The minimum atomic E-state index is -2.48. The molecular weight excluding hydrogens is 304 g/mol. The lowest BCUT2D eigenvalue weighted by molar-refractivity contribution is 0.0694. The average molecular weight is 337 g/mol. The Morgan fingerprint density at radius 2 is 1.26 bits per heavy atom. The lowest BCUT2D eigenvalue weighted by atomic mass is 10.2. The van der Waals surface area contributed by atoms with Gasteiger partial charge in [-0.25, -0.2) is 4.79 Å². The molecule has 3 nitrogen and oxygen atoms in total. The summed E-state index contributed by atoms with van der Waals surface area (Å²) in [6.07, 6.45) is 0. The average Bonchev–Trinajstić information content (AvgIpc) is 2.31. The van der Waals surface area contributed by atoms with Crippen molar-refractivity contribution < 1.29 is 14.3 Å². The number of hydrogen-bond acceptors (Lipinski definition) is 2. The first-order valence-electron chi connectivity index (χ1n) is 8.16. The van der Waals surface area contributed by atoms with Crippen molar-refractivity contribution in [3.05, 3.63) is 29.8 Å². The Bertz CT molecular complexity index is 535. The van der Waals surface area contributed by atoms with Gasteiger partial charge in [-0.2, -0.15) is 0 Å². The van der Waals surface area contributed by atoms with Gasteiger partial charge in [-0.15, -0.1) is 0 Å². The maximum atomic E-state index is 11.6. The Kier molecular flexibility index (Phi) is 5.13. The van der Waals surface area contributed by atoms with Crippen LogP contribution in [0.15, 0.2) is 24.3 Å². The van der Waals surface area contributed by atoms with E-state index >= 15 is 0 Å². The highest BCUT2D eigenvalue weighted by atomic mass is 28.4. The second-order valence-corrected chi connectivity index (χ2v) is 15.4. The minimum absolute atomic E-state index is 0.0604. The van der Waals surface area contributed by atoms with Crippen molar-refractivity contribution in [2.24, 2.45) is 0 Å². The third-order valence-electron chi connectivity index (χ3n) is 4.55. The highest BCUT2D eigenvalue weighted by Crippen LogP contribution is 2.62. The fourth-order valence-corrected chi connectivity index (χ4v) is 12.9. The molecule has 0 amide bonds. The van der Waals surface area contributed by atoms with Crippen molar-refractivity contribution >= 4 is 14.3 Å². The van der Waals surface area contributed by atoms with Crippen LogP contribution in [-0.4, -0.2) is 19.4 Å². The van der Waals surface area contributed by atoms with Crippen molar-refractivity contribution in [3.8, 4) is 5.75 Å². The van der Waals surface area contributed by atoms with E-state index in [0.717, 1.165) is 0 Å². The Balaban J connectivity index is 3.66. The van der Waals surface area contributed by atoms with E-state index in [2.05, 4.69) is 62.3 Å². The Labute approximate surface area is 142 Å². The first kappa shape index (κ1) is 19.8. The monoisotopic (exact) mass is 336 g/mol. The zero-order chi connectivity index (χ0) is 18.3. The zero-order valence-electron chi connectivity index (χ0n) is 16.1. The SMILES string of the molecule is CC(C)(C)[Si](Oc1ccccc1C(=O)O)(C(C)(C)C)C(C)(C)C. The number of aromatic carboxylic acids is 1. The lowest BCUT2D eigenvalue weighted by Gasteiger charge is -2.57. The fourth-order valence-electron chi connectivity index (χ4n) is 4.73. The van der Waals surface area contributed by atoms with Crippen LogP contribution in [0.4, 0.5) is 0 Å². The molecule has 1 rings (SSSR count). The predicted octanol–water partition coefficient (Wildman–Crippen LogP) is 6.11. The van der Waals surface area contributed by atoms with Gasteiger partial charge in [0.25, 0.3) is 8.32 Å². The summed E-state index contributed by atoms with van der Waals surface area (Å²) in [5.41, 5.74) is 0.238. The smallest absolute Gasteiger partial charge is 0.339 e. The highest BCUT2D eigenvalue weighted by molar-refractivity contribution is 6.82. The van der Waals surface area contributed by atoms with Crippen LogP contribution in [0, 0.1) is 0 Å². The Morgan fingerprint density at radius 1 is 0.870 bits per heavy atom. The van der Waals surface area contributed by atoms with Gasteiger partial charge in [0.1, 0.15) is 5.75 Å². The van der Waals surface area contributed by atoms with Crippen LogP contribution in [0.1, 0.15) is 72.7 Å². The summed E-state index contributed by atoms with van der Waals surface area (Å²) in [6, 6.07) is 6.99. The Hall–Kier alpha value is -1.29. The predicted molar refractivity (Wildman–Crippen MR) is 98.9 cm³/mol. The number of rotatable bonds is 3. The summed E-state index contributed by atoms with van der Waals surface area (Å²) in [4.78, 5) is 11.6. The molecule has 0 atom stereocenters. The molecule has 1 aromatic rings. The zero-order valence-corrected chi connectivity index (χ0v) is 17.1. The molecule has 0 aliphatic heterocycles. The van der Waals surface area contributed by atoms with Crippen LogP contribution in [-0.2, 0) is 0 Å². The summed E-state index contributed by atoms with van der Waals surface area (Å²) < 4.78 is 6.75. The van der Waals surface area contributed by atoms with Crippen LogP contribution in [0.3, 0.4) is 0 Å². The van der Waals surface area contributed by atoms with E-state index in [1.807, 2.05) is 6.07 Å². The first-order valence-corrected chi connectivity index (χ1v) is 10.1. The van der Waals surface area contributed by atoms with E-state index in [1.165, 1.54) is 0 Å². The van der Waals surface area contributed by atoms with Crippen molar-refractivity contribution in [2.45, 2.75) is 77.4 Å². The minimum Gasteiger partial charge on any atom is -0.541 e. The molecule has 23 heavy (non-hydrogen) atoms. The maximum Gasteiger partial charge on any atom is 0.339 e. The van der Waals surface area contributed by atoms with Gasteiger partial charge in [-0.1, -0.05) is 74.4 Å². The fraction of sp³-hybridized carbons (Fsp3) is 0.632.